The summed E-state index contributed by atoms with van der Waals surface area (Å²) in [5.41, 5.74) is 0. The Balaban J connectivity index is 1.50. The molecule has 4 atom stereocenters. The van der Waals surface area contributed by atoms with E-state index in [9.17, 15) is 0 Å². The van der Waals surface area contributed by atoms with Crippen molar-refractivity contribution in [1.82, 2.24) is 15.5 Å². The lowest BCUT2D eigenvalue weighted by Gasteiger charge is -2.27. The molecule has 2 saturated carbocycles. The van der Waals surface area contributed by atoms with Crippen molar-refractivity contribution in [2.75, 3.05) is 11.9 Å². The molecule has 112 valence electrons. The second kappa shape index (κ2) is 6.12. The van der Waals surface area contributed by atoms with E-state index in [1.54, 1.807) is 0 Å². The van der Waals surface area contributed by atoms with Gasteiger partial charge in [0.2, 0.25) is 5.89 Å². The van der Waals surface area contributed by atoms with Crippen molar-refractivity contribution in [2.45, 2.75) is 58.5 Å². The Morgan fingerprint density at radius 2 is 2.20 bits per heavy atom. The lowest BCUT2D eigenvalue weighted by Crippen LogP contribution is -2.30. The second-order valence-corrected chi connectivity index (χ2v) is 6.45. The maximum Gasteiger partial charge on any atom is 0.315 e. The van der Waals surface area contributed by atoms with E-state index in [2.05, 4.69) is 34.7 Å². The van der Waals surface area contributed by atoms with Crippen molar-refractivity contribution in [3.05, 3.63) is 5.89 Å². The van der Waals surface area contributed by atoms with E-state index in [0.29, 0.717) is 24.5 Å². The number of anilines is 1. The highest BCUT2D eigenvalue weighted by molar-refractivity contribution is 5.20. The number of hydrogen-bond donors (Lipinski definition) is 2. The van der Waals surface area contributed by atoms with Gasteiger partial charge in [-0.25, -0.2) is 0 Å². The van der Waals surface area contributed by atoms with Crippen LogP contribution in [-0.4, -0.2) is 22.8 Å². The highest BCUT2D eigenvalue weighted by atomic mass is 16.4. The van der Waals surface area contributed by atoms with Gasteiger partial charge in [0.25, 0.3) is 0 Å². The third-order valence-electron chi connectivity index (χ3n) is 4.96. The maximum atomic E-state index is 5.64. The Morgan fingerprint density at radius 1 is 1.30 bits per heavy atom. The predicted molar refractivity (Wildman–Crippen MR) is 78.3 cm³/mol. The molecule has 5 heteroatoms. The molecule has 2 bridgehead atoms. The molecule has 0 aromatic carbocycles. The monoisotopic (exact) mass is 278 g/mol. The van der Waals surface area contributed by atoms with Crippen molar-refractivity contribution in [3.63, 3.8) is 0 Å². The van der Waals surface area contributed by atoms with Crippen LogP contribution in [0.4, 0.5) is 6.01 Å². The topological polar surface area (TPSA) is 63.0 Å². The van der Waals surface area contributed by atoms with E-state index < -0.39 is 0 Å². The Hall–Kier alpha value is -1.10. The normalized spacial score (nSPS) is 29.8. The molecule has 0 spiro atoms. The smallest absolute Gasteiger partial charge is 0.315 e. The van der Waals surface area contributed by atoms with Crippen LogP contribution >= 0.6 is 0 Å². The molecule has 0 saturated heterocycles. The fourth-order valence-corrected chi connectivity index (χ4v) is 3.96. The van der Waals surface area contributed by atoms with Crippen LogP contribution in [0, 0.1) is 17.8 Å². The van der Waals surface area contributed by atoms with Crippen LogP contribution in [0.25, 0.3) is 0 Å². The van der Waals surface area contributed by atoms with Gasteiger partial charge in [-0.15, -0.1) is 5.10 Å². The number of aromatic nitrogens is 2. The van der Waals surface area contributed by atoms with Crippen LogP contribution in [-0.2, 0) is 6.54 Å². The summed E-state index contributed by atoms with van der Waals surface area (Å²) in [6, 6.07) is 1.01. The molecule has 2 aliphatic rings. The van der Waals surface area contributed by atoms with Gasteiger partial charge in [0.1, 0.15) is 0 Å². The van der Waals surface area contributed by atoms with Crippen LogP contribution in [0.5, 0.6) is 0 Å². The number of nitrogens with zero attached hydrogens (tertiary/aromatic N) is 2. The van der Waals surface area contributed by atoms with Crippen molar-refractivity contribution in [3.8, 4) is 0 Å². The van der Waals surface area contributed by atoms with Crippen LogP contribution in [0.2, 0.25) is 0 Å². The molecule has 0 aliphatic heterocycles. The minimum absolute atomic E-state index is 0.433. The number of rotatable bonds is 7. The highest BCUT2D eigenvalue weighted by Crippen LogP contribution is 2.49. The first kappa shape index (κ1) is 13.9. The van der Waals surface area contributed by atoms with Crippen molar-refractivity contribution in [1.29, 1.82) is 0 Å². The molecule has 1 aromatic heterocycles. The summed E-state index contributed by atoms with van der Waals surface area (Å²) in [6.07, 6.45) is 6.78. The molecule has 0 amide bonds. The fraction of sp³-hybridized carbons (Fsp3) is 0.867. The third kappa shape index (κ3) is 2.97. The van der Waals surface area contributed by atoms with Gasteiger partial charge in [0.05, 0.1) is 6.54 Å². The molecule has 4 unspecified atom stereocenters. The number of nitrogens with one attached hydrogen (secondary N) is 2. The predicted octanol–water partition coefficient (Wildman–Crippen LogP) is 2.81. The highest BCUT2D eigenvalue weighted by Gasteiger charge is 2.42. The molecule has 1 aromatic rings. The lowest BCUT2D eigenvalue weighted by atomic mass is 9.84. The first-order valence-corrected chi connectivity index (χ1v) is 8.06. The van der Waals surface area contributed by atoms with E-state index in [4.69, 9.17) is 4.42 Å². The van der Waals surface area contributed by atoms with Gasteiger partial charge < -0.3 is 15.1 Å². The minimum atomic E-state index is 0.433. The second-order valence-electron chi connectivity index (χ2n) is 6.45. The van der Waals surface area contributed by atoms with Crippen LogP contribution in [0.3, 0.4) is 0 Å². The summed E-state index contributed by atoms with van der Waals surface area (Å²) < 4.78 is 5.64. The molecule has 2 fully saturated rings. The lowest BCUT2D eigenvalue weighted by molar-refractivity contribution is 0.300. The molecule has 2 N–H and O–H groups in total. The zero-order valence-electron chi connectivity index (χ0n) is 12.6. The van der Waals surface area contributed by atoms with Gasteiger partial charge >= 0.3 is 6.01 Å². The summed E-state index contributed by atoms with van der Waals surface area (Å²) in [6.45, 7) is 6.03. The number of hydrogen-bond acceptors (Lipinski definition) is 5. The Labute approximate surface area is 120 Å². The molecular formula is C15H26N4O. The van der Waals surface area contributed by atoms with E-state index in [1.807, 2.05) is 0 Å². The van der Waals surface area contributed by atoms with Crippen molar-refractivity contribution in [2.24, 2.45) is 17.8 Å². The standard InChI is InChI=1S/C15H26N4O/c1-3-6-16-9-14-18-19-15(20-14)17-10(2)13-8-11-4-5-12(13)7-11/h10-13,16H,3-9H2,1-2H3,(H,17,19). The average Bonchev–Trinajstić information content (AvgIpc) is 3.15. The third-order valence-corrected chi connectivity index (χ3v) is 4.96. The van der Waals surface area contributed by atoms with E-state index in [1.165, 1.54) is 25.7 Å². The summed E-state index contributed by atoms with van der Waals surface area (Å²) in [5, 5.41) is 14.9. The first-order chi connectivity index (χ1) is 9.76. The Bertz CT molecular complexity index is 433. The summed E-state index contributed by atoms with van der Waals surface area (Å²) >= 11 is 0. The zero-order valence-corrected chi connectivity index (χ0v) is 12.6. The largest absolute Gasteiger partial charge is 0.407 e. The SMILES string of the molecule is CCCNCc1nnc(NC(C)C2CC3CCC2C3)o1. The molecular weight excluding hydrogens is 252 g/mol. The summed E-state index contributed by atoms with van der Waals surface area (Å²) in [5.74, 6) is 3.34. The van der Waals surface area contributed by atoms with Gasteiger partial charge in [-0.1, -0.05) is 18.4 Å². The molecule has 3 rings (SSSR count). The fourth-order valence-electron chi connectivity index (χ4n) is 3.96. The molecule has 0 radical (unpaired) electrons. The van der Waals surface area contributed by atoms with Crippen molar-refractivity contribution >= 4 is 6.01 Å². The molecule has 20 heavy (non-hydrogen) atoms. The van der Waals surface area contributed by atoms with E-state index >= 15 is 0 Å². The van der Waals surface area contributed by atoms with Crippen LogP contribution in [0.1, 0.15) is 51.8 Å². The summed E-state index contributed by atoms with van der Waals surface area (Å²) in [7, 11) is 0. The zero-order chi connectivity index (χ0) is 13.9. The van der Waals surface area contributed by atoms with E-state index in [-0.39, 0.29) is 0 Å². The molecule has 5 nitrogen and oxygen atoms in total. The first-order valence-electron chi connectivity index (χ1n) is 8.06. The van der Waals surface area contributed by atoms with Gasteiger partial charge in [-0.2, -0.15) is 0 Å². The van der Waals surface area contributed by atoms with Crippen LogP contribution < -0.4 is 10.6 Å². The van der Waals surface area contributed by atoms with Gasteiger partial charge in [-0.3, -0.25) is 0 Å². The van der Waals surface area contributed by atoms with Gasteiger partial charge in [0.15, 0.2) is 0 Å². The Kier molecular flexibility index (Phi) is 4.24. The maximum absolute atomic E-state index is 5.64. The quantitative estimate of drug-likeness (QED) is 0.751. The molecule has 2 aliphatic carbocycles. The van der Waals surface area contributed by atoms with Crippen LogP contribution in [0.15, 0.2) is 4.42 Å². The summed E-state index contributed by atoms with van der Waals surface area (Å²) in [4.78, 5) is 0. The minimum Gasteiger partial charge on any atom is -0.407 e. The van der Waals surface area contributed by atoms with E-state index in [0.717, 1.165) is 30.7 Å². The Morgan fingerprint density at radius 3 is 2.90 bits per heavy atom. The molecule has 1 heterocycles. The average molecular weight is 278 g/mol. The van der Waals surface area contributed by atoms with Gasteiger partial charge in [-0.05, 0) is 56.9 Å². The number of fused-ring (bicyclic) bond motifs is 2. The van der Waals surface area contributed by atoms with Gasteiger partial charge in [0, 0.05) is 6.04 Å². The van der Waals surface area contributed by atoms with Crippen molar-refractivity contribution < 1.29 is 4.42 Å².